The molecule has 5 atom stereocenters. The summed E-state index contributed by atoms with van der Waals surface area (Å²) in [4.78, 5) is 16.5. The molecule has 1 aromatic rings. The fourth-order valence-corrected chi connectivity index (χ4v) is 15.2. The third-order valence-corrected chi connectivity index (χ3v) is 17.8. The molecular weight excluding hydrogens is 568 g/mol. The number of rotatable bonds is 10. The molecular formula is C35H56N4O4Si. The molecule has 244 valence electrons. The summed E-state index contributed by atoms with van der Waals surface area (Å²) in [6.07, 6.45) is 19.0. The summed E-state index contributed by atoms with van der Waals surface area (Å²) < 4.78 is 14.9. The van der Waals surface area contributed by atoms with E-state index in [9.17, 15) is 9.90 Å². The normalized spacial score (nSPS) is 34.2. The fourth-order valence-electron chi connectivity index (χ4n) is 10.1. The van der Waals surface area contributed by atoms with Crippen molar-refractivity contribution in [1.82, 2.24) is 19.9 Å². The average Bonchev–Trinajstić information content (AvgIpc) is 3.71. The van der Waals surface area contributed by atoms with Crippen LogP contribution in [0.5, 0.6) is 0 Å². The van der Waals surface area contributed by atoms with Gasteiger partial charge in [0.05, 0.1) is 26.5 Å². The number of nitrogens with zero attached hydrogens (tertiary/aromatic N) is 4. The zero-order valence-corrected chi connectivity index (χ0v) is 28.7. The van der Waals surface area contributed by atoms with E-state index in [0.29, 0.717) is 36.0 Å². The molecule has 1 amide bonds. The van der Waals surface area contributed by atoms with E-state index in [0.717, 1.165) is 57.8 Å². The number of aliphatic hydroxyl groups excluding tert-OH is 1. The van der Waals surface area contributed by atoms with E-state index >= 15 is 0 Å². The van der Waals surface area contributed by atoms with E-state index in [1.807, 2.05) is 29.0 Å². The van der Waals surface area contributed by atoms with E-state index in [1.165, 1.54) is 43.4 Å². The van der Waals surface area contributed by atoms with Gasteiger partial charge in [-0.2, -0.15) is 0 Å². The highest BCUT2D eigenvalue weighted by atomic mass is 28.3. The van der Waals surface area contributed by atoms with Gasteiger partial charge in [0.2, 0.25) is 0 Å². The molecule has 2 aliphatic heterocycles. The molecule has 9 heteroatoms. The molecule has 8 nitrogen and oxygen atoms in total. The molecule has 3 fully saturated rings. The number of hydrogen-bond donors (Lipinski definition) is 1. The largest absolute Gasteiger partial charge is 0.386 e. The lowest BCUT2D eigenvalue weighted by molar-refractivity contribution is -0.149. The lowest BCUT2D eigenvalue weighted by Crippen LogP contribution is -2.50. The van der Waals surface area contributed by atoms with Crippen LogP contribution in [0, 0.1) is 11.8 Å². The van der Waals surface area contributed by atoms with Crippen molar-refractivity contribution >= 4 is 14.0 Å². The maximum atomic E-state index is 14.5. The fraction of sp³-hybridized carbons (Fsp3) is 0.800. The minimum atomic E-state index is -1.91. The third kappa shape index (κ3) is 5.58. The Labute approximate surface area is 265 Å². The zero-order chi connectivity index (χ0) is 31.1. The van der Waals surface area contributed by atoms with Gasteiger partial charge in [-0.1, -0.05) is 63.4 Å². The molecule has 1 N–H and O–H groups in total. The second-order valence-corrected chi connectivity index (χ2v) is 20.2. The molecule has 6 rings (SSSR count). The molecule has 5 aliphatic rings. The Hall–Kier alpha value is -1.81. The minimum absolute atomic E-state index is 0.0222. The molecule has 3 aliphatic carbocycles. The molecule has 2 saturated carbocycles. The Kier molecular flexibility index (Phi) is 9.59. The van der Waals surface area contributed by atoms with Gasteiger partial charge in [0.15, 0.2) is 5.60 Å². The topological polar surface area (TPSA) is 89.7 Å². The molecule has 1 aromatic heterocycles. The first-order valence-corrected chi connectivity index (χ1v) is 20.8. The van der Waals surface area contributed by atoms with Crippen LogP contribution in [0.3, 0.4) is 0 Å². The summed E-state index contributed by atoms with van der Waals surface area (Å²) in [6, 6.07) is 0. The number of amides is 1. The van der Waals surface area contributed by atoms with E-state index in [1.54, 1.807) is 0 Å². The minimum Gasteiger partial charge on any atom is -0.386 e. The number of carbonyl (C=O) groups is 1. The predicted molar refractivity (Wildman–Crippen MR) is 175 cm³/mol. The van der Waals surface area contributed by atoms with Gasteiger partial charge in [0.1, 0.15) is 11.8 Å². The molecule has 0 unspecified atom stereocenters. The highest BCUT2D eigenvalue weighted by Gasteiger charge is 2.67. The third-order valence-electron chi connectivity index (χ3n) is 12.5. The van der Waals surface area contributed by atoms with Crippen LogP contribution in [0.2, 0.25) is 24.2 Å². The lowest BCUT2D eigenvalue weighted by Gasteiger charge is -2.45. The number of allylic oxidation sites excluding steroid dienone is 1. The smallest absolute Gasteiger partial charge is 0.263 e. The highest BCUT2D eigenvalue weighted by molar-refractivity contribution is 6.80. The second kappa shape index (κ2) is 13.1. The zero-order valence-electron chi connectivity index (χ0n) is 27.7. The van der Waals surface area contributed by atoms with Crippen molar-refractivity contribution in [3.8, 4) is 0 Å². The van der Waals surface area contributed by atoms with E-state index in [4.69, 9.17) is 9.47 Å². The van der Waals surface area contributed by atoms with E-state index in [2.05, 4.69) is 36.9 Å². The Morgan fingerprint density at radius 3 is 2.57 bits per heavy atom. The summed E-state index contributed by atoms with van der Waals surface area (Å²) in [5, 5.41) is 19.9. The molecule has 1 saturated heterocycles. The Morgan fingerprint density at radius 1 is 1.14 bits per heavy atom. The van der Waals surface area contributed by atoms with Crippen LogP contribution in [0.1, 0.15) is 109 Å². The number of aromatic nitrogens is 3. The lowest BCUT2D eigenvalue weighted by atomic mass is 9.78. The van der Waals surface area contributed by atoms with Crippen LogP contribution in [0.25, 0.3) is 0 Å². The number of hydrogen-bond acceptors (Lipinski definition) is 6. The van der Waals surface area contributed by atoms with Gasteiger partial charge in [-0.15, -0.1) is 11.7 Å². The van der Waals surface area contributed by atoms with Gasteiger partial charge in [0.25, 0.3) is 5.91 Å². The molecule has 3 heterocycles. The number of aryl methyl sites for hydroxylation is 1. The van der Waals surface area contributed by atoms with Gasteiger partial charge >= 0.3 is 0 Å². The van der Waals surface area contributed by atoms with Crippen molar-refractivity contribution < 1.29 is 19.4 Å². The number of fused-ring (bicyclic) bond motifs is 1. The van der Waals surface area contributed by atoms with Crippen molar-refractivity contribution in [3.05, 3.63) is 35.8 Å². The standard InChI is InChI=1S/C35H56N4O4Si/c1-6-21-39-30-15-11-10-14-28(30)35(34(39)41)24(2)33(44(4,5)27-18-16-26(42-3)17-19-27)31(43-35)20-22-38-23-29(36-37-38)32(40)25-12-8-7-9-13-25/h6,23-27,31-33,40H,1,7-22H2,2-5H3/t24-,26?,27?,31+,32-,33-,35+/m1/s1. The first-order valence-electron chi connectivity index (χ1n) is 17.7. The number of methoxy groups -OCH3 is 1. The maximum absolute atomic E-state index is 14.5. The Balaban J connectivity index is 1.28. The van der Waals surface area contributed by atoms with Gasteiger partial charge in [-0.05, 0) is 80.4 Å². The van der Waals surface area contributed by atoms with Crippen molar-refractivity contribution in [2.75, 3.05) is 13.7 Å². The maximum Gasteiger partial charge on any atom is 0.263 e. The van der Waals surface area contributed by atoms with Crippen molar-refractivity contribution in [2.24, 2.45) is 11.8 Å². The average molecular weight is 625 g/mol. The summed E-state index contributed by atoms with van der Waals surface area (Å²) in [6.45, 7) is 12.7. The van der Waals surface area contributed by atoms with Crippen LogP contribution in [-0.2, 0) is 20.8 Å². The van der Waals surface area contributed by atoms with Gasteiger partial charge in [-0.3, -0.25) is 9.48 Å². The van der Waals surface area contributed by atoms with Crippen molar-refractivity contribution in [1.29, 1.82) is 0 Å². The molecule has 0 radical (unpaired) electrons. The molecule has 44 heavy (non-hydrogen) atoms. The first kappa shape index (κ1) is 32.1. The highest BCUT2D eigenvalue weighted by Crippen LogP contribution is 2.61. The van der Waals surface area contributed by atoms with Crippen LogP contribution in [0.4, 0.5) is 0 Å². The van der Waals surface area contributed by atoms with Crippen molar-refractivity contribution in [3.63, 3.8) is 0 Å². The summed E-state index contributed by atoms with van der Waals surface area (Å²) >= 11 is 0. The van der Waals surface area contributed by atoms with Gasteiger partial charge in [0, 0.05) is 31.8 Å². The quantitative estimate of drug-likeness (QED) is 0.224. The predicted octanol–water partition coefficient (Wildman–Crippen LogP) is 6.95. The van der Waals surface area contributed by atoms with E-state index < -0.39 is 19.8 Å². The Bertz CT molecular complexity index is 1220. The SMILES string of the molecule is C=CCN1C(=O)[C@@]2(O[C@@H](CCn3cc([C@H](O)C4CCCCC4)nn3)[C@H]([Si](C)(C)C3CCC(OC)CC3)[C@H]2C)C2=C1CCCC2. The summed E-state index contributed by atoms with van der Waals surface area (Å²) in [5.41, 5.74) is 3.36. The first-order chi connectivity index (χ1) is 21.2. The van der Waals surface area contributed by atoms with E-state index in [-0.39, 0.29) is 23.8 Å². The number of aliphatic hydroxyl groups is 1. The number of carbonyl (C=O) groups excluding carboxylic acids is 1. The van der Waals surface area contributed by atoms with Crippen LogP contribution >= 0.6 is 0 Å². The van der Waals surface area contributed by atoms with Crippen molar-refractivity contribution in [2.45, 2.75) is 151 Å². The molecule has 0 aromatic carbocycles. The monoisotopic (exact) mass is 624 g/mol. The summed E-state index contributed by atoms with van der Waals surface area (Å²) in [5.74, 6) is 0.553. The van der Waals surface area contributed by atoms with Gasteiger partial charge in [-0.25, -0.2) is 0 Å². The van der Waals surface area contributed by atoms with Crippen LogP contribution < -0.4 is 0 Å². The second-order valence-electron chi connectivity index (χ2n) is 15.1. The van der Waals surface area contributed by atoms with Gasteiger partial charge < -0.3 is 19.5 Å². The van der Waals surface area contributed by atoms with Crippen LogP contribution in [-0.4, -0.2) is 70.4 Å². The Morgan fingerprint density at radius 2 is 1.86 bits per heavy atom. The van der Waals surface area contributed by atoms with Crippen LogP contribution in [0.15, 0.2) is 30.1 Å². The molecule has 0 bridgehead atoms. The molecule has 1 spiro atoms. The summed E-state index contributed by atoms with van der Waals surface area (Å²) in [7, 11) is -0.0636. The number of ether oxygens (including phenoxy) is 2.